The standard InChI is InChI=1S/C66H47N/c1-41-15-3-5-17-47(41)44-29-34-52-51(49-19-7-8-20-50(49)58(52)38-44)32-27-43-28-33-55-53-21-9-12-24-60(53)66(62(55)37-43)61-25-13-10-22-54(61)56-35-31-46(40-63(56)66)67-64-26-14-11-23-57(64)59-39-45(30-36-65(59)67)48-18-6-4-16-42(48)2/h3-26,28-31,33-40,51H,27,32H2,1-2H3. The zero-order chi connectivity index (χ0) is 44.4. The van der Waals surface area contributed by atoms with Crippen LogP contribution >= 0.6 is 0 Å². The molecule has 11 aromatic rings. The van der Waals surface area contributed by atoms with E-state index in [0.29, 0.717) is 5.92 Å². The van der Waals surface area contributed by atoms with E-state index in [1.54, 1.807) is 0 Å². The van der Waals surface area contributed by atoms with E-state index in [4.69, 9.17) is 0 Å². The summed E-state index contributed by atoms with van der Waals surface area (Å²) in [4.78, 5) is 0. The van der Waals surface area contributed by atoms with Crippen molar-refractivity contribution >= 4 is 21.8 Å². The third-order valence-electron chi connectivity index (χ3n) is 15.8. The Kier molecular flexibility index (Phi) is 8.29. The van der Waals surface area contributed by atoms with Crippen LogP contribution in [0.1, 0.15) is 62.4 Å². The fourth-order valence-corrected chi connectivity index (χ4v) is 12.8. The summed E-state index contributed by atoms with van der Waals surface area (Å²) in [7, 11) is 0. The largest absolute Gasteiger partial charge is 0.309 e. The van der Waals surface area contributed by atoms with Gasteiger partial charge >= 0.3 is 0 Å². The van der Waals surface area contributed by atoms with Gasteiger partial charge in [-0.15, -0.1) is 0 Å². The van der Waals surface area contributed by atoms with Crippen molar-refractivity contribution in [2.75, 3.05) is 0 Å². The molecule has 3 aliphatic rings. The summed E-state index contributed by atoms with van der Waals surface area (Å²) in [6.07, 6.45) is 2.03. The van der Waals surface area contributed by atoms with Crippen molar-refractivity contribution in [2.45, 2.75) is 38.0 Å². The SMILES string of the molecule is Cc1ccccc1-c1ccc2c(c1)-c1ccccc1C2CCc1ccc2c(c1)C1(c3ccccc3-2)c2ccccc2-c2ccc(-n3c4ccccc4c4cc(-c5ccccc5C)ccc43)cc21. The molecule has 1 heterocycles. The van der Waals surface area contributed by atoms with Gasteiger partial charge in [0, 0.05) is 22.4 Å². The Balaban J connectivity index is 0.907. The summed E-state index contributed by atoms with van der Waals surface area (Å²) < 4.78 is 2.50. The maximum absolute atomic E-state index is 2.59. The molecule has 316 valence electrons. The molecular weight excluding hydrogens is 807 g/mol. The summed E-state index contributed by atoms with van der Waals surface area (Å²) in [5, 5.41) is 2.54. The minimum atomic E-state index is -0.459. The van der Waals surface area contributed by atoms with Crippen LogP contribution in [-0.2, 0) is 11.8 Å². The van der Waals surface area contributed by atoms with Crippen LogP contribution in [0.2, 0.25) is 0 Å². The van der Waals surface area contributed by atoms with Gasteiger partial charge < -0.3 is 4.57 Å². The van der Waals surface area contributed by atoms with Crippen LogP contribution in [0, 0.1) is 13.8 Å². The molecule has 0 bridgehead atoms. The number of benzene rings is 10. The Morgan fingerprint density at radius 3 is 1.64 bits per heavy atom. The summed E-state index contributed by atoms with van der Waals surface area (Å²) in [5.41, 5.74) is 28.8. The molecule has 1 aromatic heterocycles. The highest BCUT2D eigenvalue weighted by Gasteiger charge is 2.52. The van der Waals surface area contributed by atoms with Crippen molar-refractivity contribution in [3.05, 3.63) is 268 Å². The van der Waals surface area contributed by atoms with Gasteiger partial charge in [0.1, 0.15) is 0 Å². The van der Waals surface area contributed by atoms with E-state index < -0.39 is 5.41 Å². The molecule has 2 unspecified atom stereocenters. The van der Waals surface area contributed by atoms with E-state index in [1.165, 1.54) is 133 Å². The van der Waals surface area contributed by atoms with Crippen molar-refractivity contribution in [3.8, 4) is 61.3 Å². The molecule has 67 heavy (non-hydrogen) atoms. The number of fused-ring (bicyclic) bond motifs is 16. The molecule has 2 atom stereocenters. The predicted molar refractivity (Wildman–Crippen MR) is 279 cm³/mol. The lowest BCUT2D eigenvalue weighted by atomic mass is 9.70. The molecule has 0 saturated carbocycles. The molecule has 0 amide bonds. The lowest BCUT2D eigenvalue weighted by Crippen LogP contribution is -2.26. The topological polar surface area (TPSA) is 4.93 Å². The molecule has 0 N–H and O–H groups in total. The Labute approximate surface area is 392 Å². The first-order valence-electron chi connectivity index (χ1n) is 23.9. The molecule has 1 spiro atoms. The average Bonchev–Trinajstić information content (AvgIpc) is 4.07. The van der Waals surface area contributed by atoms with Gasteiger partial charge in [-0.05, 0) is 169 Å². The number of rotatable bonds is 6. The first-order chi connectivity index (χ1) is 33.1. The van der Waals surface area contributed by atoms with E-state index in [0.717, 1.165) is 12.8 Å². The molecule has 10 aromatic carbocycles. The summed E-state index contributed by atoms with van der Waals surface area (Å²) in [5.74, 6) is 0.339. The second-order valence-electron chi connectivity index (χ2n) is 19.1. The quantitative estimate of drug-likeness (QED) is 0.157. The third-order valence-corrected chi connectivity index (χ3v) is 15.8. The first kappa shape index (κ1) is 38.3. The lowest BCUT2D eigenvalue weighted by molar-refractivity contribution is 0.726. The highest BCUT2D eigenvalue weighted by molar-refractivity contribution is 6.11. The van der Waals surface area contributed by atoms with E-state index in [1.807, 2.05) is 0 Å². The fraction of sp³-hybridized carbons (Fsp3) is 0.0909. The minimum Gasteiger partial charge on any atom is -0.309 e. The van der Waals surface area contributed by atoms with Gasteiger partial charge in [0.15, 0.2) is 0 Å². The number of hydrogen-bond donors (Lipinski definition) is 0. The van der Waals surface area contributed by atoms with Crippen molar-refractivity contribution in [2.24, 2.45) is 0 Å². The van der Waals surface area contributed by atoms with E-state index in [9.17, 15) is 0 Å². The Morgan fingerprint density at radius 1 is 0.373 bits per heavy atom. The molecule has 0 aliphatic heterocycles. The van der Waals surface area contributed by atoms with Crippen LogP contribution in [0.5, 0.6) is 0 Å². The van der Waals surface area contributed by atoms with Crippen LogP contribution in [0.3, 0.4) is 0 Å². The Morgan fingerprint density at radius 2 is 0.910 bits per heavy atom. The lowest BCUT2D eigenvalue weighted by Gasteiger charge is -2.31. The van der Waals surface area contributed by atoms with Gasteiger partial charge in [-0.2, -0.15) is 0 Å². The van der Waals surface area contributed by atoms with Gasteiger partial charge in [0.25, 0.3) is 0 Å². The maximum atomic E-state index is 2.59. The molecule has 0 radical (unpaired) electrons. The number of nitrogens with zero attached hydrogens (tertiary/aromatic N) is 1. The molecule has 1 heteroatoms. The summed E-state index contributed by atoms with van der Waals surface area (Å²) >= 11 is 0. The van der Waals surface area contributed by atoms with Crippen molar-refractivity contribution in [1.29, 1.82) is 0 Å². The predicted octanol–water partition coefficient (Wildman–Crippen LogP) is 16.8. The minimum absolute atomic E-state index is 0.339. The van der Waals surface area contributed by atoms with Gasteiger partial charge in [-0.1, -0.05) is 182 Å². The molecular formula is C66H47N. The highest BCUT2D eigenvalue weighted by Crippen LogP contribution is 2.63. The van der Waals surface area contributed by atoms with E-state index >= 15 is 0 Å². The van der Waals surface area contributed by atoms with E-state index in [-0.39, 0.29) is 0 Å². The van der Waals surface area contributed by atoms with Crippen LogP contribution in [0.4, 0.5) is 0 Å². The number of aromatic nitrogens is 1. The van der Waals surface area contributed by atoms with Gasteiger partial charge in [0.05, 0.1) is 16.4 Å². The van der Waals surface area contributed by atoms with Gasteiger partial charge in [-0.3, -0.25) is 0 Å². The average molecular weight is 854 g/mol. The van der Waals surface area contributed by atoms with Gasteiger partial charge in [-0.25, -0.2) is 0 Å². The van der Waals surface area contributed by atoms with E-state index in [2.05, 4.69) is 237 Å². The van der Waals surface area contributed by atoms with Crippen LogP contribution in [0.15, 0.2) is 218 Å². The first-order valence-corrected chi connectivity index (χ1v) is 23.9. The third kappa shape index (κ3) is 5.43. The summed E-state index contributed by atoms with van der Waals surface area (Å²) in [6, 6.07) is 83.0. The van der Waals surface area contributed by atoms with Crippen LogP contribution in [0.25, 0.3) is 83.1 Å². The molecule has 0 saturated heterocycles. The van der Waals surface area contributed by atoms with Crippen molar-refractivity contribution in [1.82, 2.24) is 4.57 Å². The summed E-state index contributed by atoms with van der Waals surface area (Å²) in [6.45, 7) is 4.42. The maximum Gasteiger partial charge on any atom is 0.0726 e. The number of hydrogen-bond acceptors (Lipinski definition) is 0. The molecule has 1 nitrogen and oxygen atoms in total. The zero-order valence-electron chi connectivity index (χ0n) is 37.7. The molecule has 14 rings (SSSR count). The second kappa shape index (κ2) is 14.5. The number of para-hydroxylation sites is 1. The Hall–Kier alpha value is -8.00. The normalized spacial score (nSPS) is 15.9. The van der Waals surface area contributed by atoms with Gasteiger partial charge in [0.2, 0.25) is 0 Å². The molecule has 3 aliphatic carbocycles. The van der Waals surface area contributed by atoms with Crippen molar-refractivity contribution in [3.63, 3.8) is 0 Å². The molecule has 0 fully saturated rings. The van der Waals surface area contributed by atoms with Crippen molar-refractivity contribution < 1.29 is 0 Å². The monoisotopic (exact) mass is 853 g/mol. The smallest absolute Gasteiger partial charge is 0.0726 e. The second-order valence-corrected chi connectivity index (χ2v) is 19.1. The highest BCUT2D eigenvalue weighted by atomic mass is 15.0. The van der Waals surface area contributed by atoms with Crippen LogP contribution in [-0.4, -0.2) is 4.57 Å². The fourth-order valence-electron chi connectivity index (χ4n) is 12.8. The van der Waals surface area contributed by atoms with Crippen LogP contribution < -0.4 is 0 Å². The Bertz CT molecular complexity index is 3850. The zero-order valence-corrected chi connectivity index (χ0v) is 37.7. The number of aryl methyl sites for hydroxylation is 3.